The zero-order valence-electron chi connectivity index (χ0n) is 5.60. The second kappa shape index (κ2) is 1.88. The molecule has 2 aliphatic heterocycles. The molecule has 0 spiro atoms. The summed E-state index contributed by atoms with van der Waals surface area (Å²) in [5.41, 5.74) is 10.8. The summed E-state index contributed by atoms with van der Waals surface area (Å²) in [6.07, 6.45) is 1.41. The molecule has 0 saturated heterocycles. The molecule has 0 aliphatic carbocycles. The summed E-state index contributed by atoms with van der Waals surface area (Å²) in [6, 6.07) is -0.303. The number of hydrogen-bond acceptors (Lipinski definition) is 6. The maximum absolute atomic E-state index is 5.50. The molecular weight excluding hydrogens is 144 g/mol. The van der Waals surface area contributed by atoms with Crippen LogP contribution in [-0.2, 0) is 0 Å². The number of amidine groups is 2. The Morgan fingerprint density at radius 1 is 1.27 bits per heavy atom. The molecule has 1 unspecified atom stereocenters. The third-order valence-corrected chi connectivity index (χ3v) is 1.40. The van der Waals surface area contributed by atoms with E-state index in [1.807, 2.05) is 0 Å². The number of hydrogen-bond donors (Lipinski definition) is 2. The van der Waals surface area contributed by atoms with E-state index >= 15 is 0 Å². The molecule has 0 saturated carbocycles. The fourth-order valence-electron chi connectivity index (χ4n) is 0.931. The van der Waals surface area contributed by atoms with E-state index in [2.05, 4.69) is 20.0 Å². The zero-order chi connectivity index (χ0) is 7.84. The molecule has 0 radical (unpaired) electrons. The first kappa shape index (κ1) is 6.02. The van der Waals surface area contributed by atoms with E-state index in [9.17, 15) is 0 Å². The number of guanidine groups is 1. The van der Waals surface area contributed by atoms with Gasteiger partial charge in [-0.3, -0.25) is 4.99 Å². The highest BCUT2D eigenvalue weighted by atomic mass is 15.2. The molecule has 0 aromatic carbocycles. The smallest absolute Gasteiger partial charge is 0.223 e. The minimum absolute atomic E-state index is 0.142. The number of fused-ring (bicyclic) bond motifs is 1. The lowest BCUT2D eigenvalue weighted by atomic mass is 10.2. The molecule has 6 nitrogen and oxygen atoms in total. The molecule has 2 rings (SSSR count). The van der Waals surface area contributed by atoms with Gasteiger partial charge in [-0.2, -0.15) is 9.98 Å². The normalized spacial score (nSPS) is 27.3. The number of rotatable bonds is 0. The van der Waals surface area contributed by atoms with Gasteiger partial charge in [-0.25, -0.2) is 4.99 Å². The second-order valence-corrected chi connectivity index (χ2v) is 2.16. The Hall–Kier alpha value is -1.72. The van der Waals surface area contributed by atoms with Crippen LogP contribution in [0.15, 0.2) is 20.0 Å². The van der Waals surface area contributed by atoms with Crippen molar-refractivity contribution < 1.29 is 0 Å². The second-order valence-electron chi connectivity index (χ2n) is 2.16. The summed E-state index contributed by atoms with van der Waals surface area (Å²) in [7, 11) is 0. The van der Waals surface area contributed by atoms with E-state index in [0.717, 1.165) is 0 Å². The van der Waals surface area contributed by atoms with Crippen LogP contribution in [0.2, 0.25) is 0 Å². The number of nitrogens with zero attached hydrogens (tertiary/aromatic N) is 4. The fourth-order valence-corrected chi connectivity index (χ4v) is 0.931. The maximum Gasteiger partial charge on any atom is 0.223 e. The highest BCUT2D eigenvalue weighted by Gasteiger charge is 2.25. The lowest BCUT2D eigenvalue weighted by Crippen LogP contribution is -2.38. The van der Waals surface area contributed by atoms with Gasteiger partial charge in [0.1, 0.15) is 12.2 Å². The van der Waals surface area contributed by atoms with E-state index in [1.54, 1.807) is 0 Å². The Morgan fingerprint density at radius 3 is 2.91 bits per heavy atom. The highest BCUT2D eigenvalue weighted by molar-refractivity contribution is 6.21. The minimum Gasteiger partial charge on any atom is -0.385 e. The van der Waals surface area contributed by atoms with Crippen molar-refractivity contribution in [2.45, 2.75) is 6.04 Å². The van der Waals surface area contributed by atoms with Gasteiger partial charge < -0.3 is 11.5 Å². The molecule has 0 bridgehead atoms. The van der Waals surface area contributed by atoms with Gasteiger partial charge in [-0.05, 0) is 0 Å². The Labute approximate surface area is 62.4 Å². The summed E-state index contributed by atoms with van der Waals surface area (Å²) in [6.45, 7) is 0. The average molecular weight is 150 g/mol. The Morgan fingerprint density at radius 2 is 2.09 bits per heavy atom. The van der Waals surface area contributed by atoms with Crippen LogP contribution in [0.1, 0.15) is 0 Å². The topological polar surface area (TPSA) is 101 Å². The van der Waals surface area contributed by atoms with Gasteiger partial charge in [0.25, 0.3) is 0 Å². The van der Waals surface area contributed by atoms with E-state index in [1.165, 1.54) is 6.34 Å². The monoisotopic (exact) mass is 150 g/mol. The van der Waals surface area contributed by atoms with Gasteiger partial charge in [0.15, 0.2) is 11.9 Å². The molecule has 2 heterocycles. The molecule has 0 aromatic heterocycles. The summed E-state index contributed by atoms with van der Waals surface area (Å²) < 4.78 is 0. The SMILES string of the molecule is NC1=NC2=NC=NC2C(N)=N1. The van der Waals surface area contributed by atoms with Gasteiger partial charge in [-0.1, -0.05) is 0 Å². The Balaban J connectivity index is 2.45. The van der Waals surface area contributed by atoms with Gasteiger partial charge in [-0.15, -0.1) is 0 Å². The van der Waals surface area contributed by atoms with Crippen molar-refractivity contribution in [1.29, 1.82) is 0 Å². The summed E-state index contributed by atoms with van der Waals surface area (Å²) in [5.74, 6) is 1.02. The van der Waals surface area contributed by atoms with Crippen LogP contribution in [0.25, 0.3) is 0 Å². The predicted molar refractivity (Wildman–Crippen MR) is 43.0 cm³/mol. The van der Waals surface area contributed by atoms with Crippen molar-refractivity contribution in [3.63, 3.8) is 0 Å². The van der Waals surface area contributed by atoms with Crippen LogP contribution < -0.4 is 11.5 Å². The average Bonchev–Trinajstić information content (AvgIpc) is 2.34. The fraction of sp³-hybridized carbons (Fsp3) is 0.200. The minimum atomic E-state index is -0.303. The first-order chi connectivity index (χ1) is 5.27. The van der Waals surface area contributed by atoms with Crippen molar-refractivity contribution in [2.75, 3.05) is 0 Å². The van der Waals surface area contributed by atoms with Gasteiger partial charge in [0, 0.05) is 0 Å². The van der Waals surface area contributed by atoms with Crippen molar-refractivity contribution in [3.05, 3.63) is 0 Å². The zero-order valence-corrected chi connectivity index (χ0v) is 5.60. The van der Waals surface area contributed by atoms with Crippen LogP contribution in [-0.4, -0.2) is 30.0 Å². The van der Waals surface area contributed by atoms with Crippen LogP contribution in [0.5, 0.6) is 0 Å². The van der Waals surface area contributed by atoms with Crippen molar-refractivity contribution in [3.8, 4) is 0 Å². The molecule has 0 fully saturated rings. The van der Waals surface area contributed by atoms with Crippen molar-refractivity contribution in [2.24, 2.45) is 31.4 Å². The molecule has 11 heavy (non-hydrogen) atoms. The molecule has 2 aliphatic rings. The van der Waals surface area contributed by atoms with E-state index < -0.39 is 0 Å². The third kappa shape index (κ3) is 0.794. The standard InChI is InChI=1S/C5H6N6/c6-3-2-4(9-1-8-2)11-5(7)10-3/h1-2H,(H4,6,7,8,9,10,11). The predicted octanol–water partition coefficient (Wildman–Crippen LogP) is -1.52. The van der Waals surface area contributed by atoms with Crippen molar-refractivity contribution >= 4 is 24.0 Å². The molecule has 0 amide bonds. The Bertz CT molecular complexity index is 309. The lowest BCUT2D eigenvalue weighted by molar-refractivity contribution is 1.11. The van der Waals surface area contributed by atoms with Gasteiger partial charge in [0.2, 0.25) is 5.96 Å². The molecule has 56 valence electrons. The summed E-state index contributed by atoms with van der Waals surface area (Å²) in [5, 5.41) is 0. The molecular formula is C5H6N6. The van der Waals surface area contributed by atoms with Crippen LogP contribution in [0.4, 0.5) is 0 Å². The summed E-state index contributed by atoms with van der Waals surface area (Å²) in [4.78, 5) is 15.4. The highest BCUT2D eigenvalue weighted by Crippen LogP contribution is 2.07. The molecule has 4 N–H and O–H groups in total. The number of nitrogens with two attached hydrogens (primary N) is 2. The number of aliphatic imine (C=N–C) groups is 4. The van der Waals surface area contributed by atoms with Crippen LogP contribution in [0.3, 0.4) is 0 Å². The lowest BCUT2D eigenvalue weighted by Gasteiger charge is -2.10. The maximum atomic E-state index is 5.50. The molecule has 6 heteroatoms. The van der Waals surface area contributed by atoms with Crippen molar-refractivity contribution in [1.82, 2.24) is 0 Å². The molecule has 0 aromatic rings. The van der Waals surface area contributed by atoms with E-state index in [-0.39, 0.29) is 12.0 Å². The quantitative estimate of drug-likeness (QED) is 0.438. The van der Waals surface area contributed by atoms with Gasteiger partial charge in [0.05, 0.1) is 0 Å². The van der Waals surface area contributed by atoms with Crippen LogP contribution >= 0.6 is 0 Å². The largest absolute Gasteiger partial charge is 0.385 e. The van der Waals surface area contributed by atoms with Crippen LogP contribution in [0, 0.1) is 0 Å². The van der Waals surface area contributed by atoms with Gasteiger partial charge >= 0.3 is 0 Å². The summed E-state index contributed by atoms with van der Waals surface area (Å²) >= 11 is 0. The van der Waals surface area contributed by atoms with E-state index in [4.69, 9.17) is 11.5 Å². The third-order valence-electron chi connectivity index (χ3n) is 1.40. The van der Waals surface area contributed by atoms with E-state index in [0.29, 0.717) is 11.7 Å². The first-order valence-corrected chi connectivity index (χ1v) is 3.05. The Kier molecular flexibility index (Phi) is 1.03. The molecule has 1 atom stereocenters. The first-order valence-electron chi connectivity index (χ1n) is 3.05.